The maximum absolute atomic E-state index is 12.6. The fourth-order valence-corrected chi connectivity index (χ4v) is 1.74. The van der Waals surface area contributed by atoms with Gasteiger partial charge in [-0.3, -0.25) is 0 Å². The lowest BCUT2D eigenvalue weighted by atomic mass is 10.2. The van der Waals surface area contributed by atoms with Gasteiger partial charge in [0.2, 0.25) is 0 Å². The first-order valence-electron chi connectivity index (χ1n) is 5.07. The van der Waals surface area contributed by atoms with Crippen LogP contribution in [0, 0.1) is 5.82 Å². The van der Waals surface area contributed by atoms with E-state index in [0.29, 0.717) is 6.04 Å². The molecule has 0 radical (unpaired) electrons. The Bertz CT molecular complexity index is 278. The van der Waals surface area contributed by atoms with Gasteiger partial charge in [0, 0.05) is 18.3 Å². The molecule has 2 rings (SSSR count). The molecule has 76 valence electrons. The van der Waals surface area contributed by atoms with E-state index in [0.717, 1.165) is 18.8 Å². The quantitative estimate of drug-likeness (QED) is 0.769. The number of halogens is 1. The zero-order valence-corrected chi connectivity index (χ0v) is 8.09. The fourth-order valence-electron chi connectivity index (χ4n) is 1.74. The van der Waals surface area contributed by atoms with Gasteiger partial charge in [0.15, 0.2) is 0 Å². The first-order chi connectivity index (χ1) is 6.84. The molecule has 0 amide bonds. The highest BCUT2D eigenvalue weighted by Gasteiger charge is 2.12. The minimum atomic E-state index is -0.186. The topological polar surface area (TPSA) is 24.1 Å². The van der Waals surface area contributed by atoms with Crippen molar-refractivity contribution in [3.63, 3.8) is 0 Å². The van der Waals surface area contributed by atoms with Gasteiger partial charge < -0.3 is 10.6 Å². The zero-order chi connectivity index (χ0) is 9.80. The van der Waals surface area contributed by atoms with Crippen molar-refractivity contribution in [2.24, 2.45) is 0 Å². The van der Waals surface area contributed by atoms with E-state index in [9.17, 15) is 4.39 Å². The first-order valence-corrected chi connectivity index (χ1v) is 5.07. The molecule has 1 saturated heterocycles. The molecule has 1 atom stereocenters. The van der Waals surface area contributed by atoms with Crippen molar-refractivity contribution in [2.45, 2.75) is 18.9 Å². The molecule has 2 nitrogen and oxygen atoms in total. The Morgan fingerprint density at radius 1 is 1.36 bits per heavy atom. The smallest absolute Gasteiger partial charge is 0.123 e. The van der Waals surface area contributed by atoms with Crippen molar-refractivity contribution in [1.29, 1.82) is 0 Å². The Hall–Kier alpha value is -1.09. The maximum Gasteiger partial charge on any atom is 0.123 e. The molecule has 0 bridgehead atoms. The second-order valence-corrected chi connectivity index (χ2v) is 3.68. The lowest BCUT2D eigenvalue weighted by molar-refractivity contribution is 0.626. The Kier molecular flexibility index (Phi) is 2.99. The molecular weight excluding hydrogens is 179 g/mol. The van der Waals surface area contributed by atoms with Gasteiger partial charge in [-0.05, 0) is 43.7 Å². The second kappa shape index (κ2) is 4.42. The third-order valence-electron chi connectivity index (χ3n) is 2.56. The van der Waals surface area contributed by atoms with Crippen LogP contribution in [0.15, 0.2) is 24.3 Å². The van der Waals surface area contributed by atoms with E-state index in [-0.39, 0.29) is 5.82 Å². The van der Waals surface area contributed by atoms with Crippen LogP contribution in [0.1, 0.15) is 12.8 Å². The van der Waals surface area contributed by atoms with Crippen LogP contribution < -0.4 is 10.6 Å². The van der Waals surface area contributed by atoms with Crippen molar-refractivity contribution in [1.82, 2.24) is 5.32 Å². The van der Waals surface area contributed by atoms with Crippen molar-refractivity contribution in [3.8, 4) is 0 Å². The van der Waals surface area contributed by atoms with Crippen LogP contribution in [0.3, 0.4) is 0 Å². The summed E-state index contributed by atoms with van der Waals surface area (Å²) >= 11 is 0. The van der Waals surface area contributed by atoms with E-state index in [2.05, 4.69) is 10.6 Å². The van der Waals surface area contributed by atoms with E-state index in [4.69, 9.17) is 0 Å². The van der Waals surface area contributed by atoms with Gasteiger partial charge in [0.1, 0.15) is 5.82 Å². The van der Waals surface area contributed by atoms with Gasteiger partial charge in [-0.25, -0.2) is 4.39 Å². The van der Waals surface area contributed by atoms with Gasteiger partial charge in [0.05, 0.1) is 0 Å². The van der Waals surface area contributed by atoms with Crippen molar-refractivity contribution in [2.75, 3.05) is 18.4 Å². The first kappa shape index (κ1) is 9.46. The molecule has 1 aromatic carbocycles. The summed E-state index contributed by atoms with van der Waals surface area (Å²) in [6, 6.07) is 7.06. The summed E-state index contributed by atoms with van der Waals surface area (Å²) in [6.07, 6.45) is 2.49. The van der Waals surface area contributed by atoms with E-state index >= 15 is 0 Å². The summed E-state index contributed by atoms with van der Waals surface area (Å²) in [5.41, 5.74) is 0.986. The molecule has 0 aliphatic carbocycles. The van der Waals surface area contributed by atoms with Crippen LogP contribution >= 0.6 is 0 Å². The largest absolute Gasteiger partial charge is 0.383 e. The van der Waals surface area contributed by atoms with Crippen LogP contribution in [0.5, 0.6) is 0 Å². The third-order valence-corrected chi connectivity index (χ3v) is 2.56. The Morgan fingerprint density at radius 3 is 2.79 bits per heavy atom. The number of hydrogen-bond acceptors (Lipinski definition) is 2. The number of rotatable bonds is 3. The van der Waals surface area contributed by atoms with Crippen LogP contribution in [0.4, 0.5) is 10.1 Å². The Balaban J connectivity index is 1.82. The summed E-state index contributed by atoms with van der Waals surface area (Å²) in [5, 5.41) is 6.69. The lowest BCUT2D eigenvalue weighted by Crippen LogP contribution is -2.29. The van der Waals surface area contributed by atoms with Gasteiger partial charge >= 0.3 is 0 Å². The van der Waals surface area contributed by atoms with E-state index in [1.54, 1.807) is 12.1 Å². The molecule has 2 N–H and O–H groups in total. The van der Waals surface area contributed by atoms with Crippen molar-refractivity contribution in [3.05, 3.63) is 30.1 Å². The van der Waals surface area contributed by atoms with Crippen LogP contribution in [0.25, 0.3) is 0 Å². The van der Waals surface area contributed by atoms with Crippen molar-refractivity contribution < 1.29 is 4.39 Å². The highest BCUT2D eigenvalue weighted by Crippen LogP contribution is 2.10. The van der Waals surface area contributed by atoms with E-state index < -0.39 is 0 Å². The maximum atomic E-state index is 12.6. The summed E-state index contributed by atoms with van der Waals surface area (Å²) in [5.74, 6) is -0.186. The number of nitrogens with one attached hydrogen (secondary N) is 2. The molecule has 0 unspecified atom stereocenters. The molecule has 1 aliphatic heterocycles. The minimum absolute atomic E-state index is 0.186. The van der Waals surface area contributed by atoms with Crippen molar-refractivity contribution >= 4 is 5.69 Å². The lowest BCUT2D eigenvalue weighted by Gasteiger charge is -2.12. The molecule has 3 heteroatoms. The average Bonchev–Trinajstić information content (AvgIpc) is 2.70. The van der Waals surface area contributed by atoms with Crippen LogP contribution in [-0.4, -0.2) is 19.1 Å². The molecule has 1 fully saturated rings. The van der Waals surface area contributed by atoms with E-state index in [1.165, 1.54) is 25.0 Å². The Labute approximate surface area is 83.5 Å². The number of hydrogen-bond donors (Lipinski definition) is 2. The average molecular weight is 194 g/mol. The molecule has 0 aromatic heterocycles. The molecule has 14 heavy (non-hydrogen) atoms. The highest BCUT2D eigenvalue weighted by atomic mass is 19.1. The summed E-state index contributed by atoms with van der Waals surface area (Å²) in [6.45, 7) is 2.04. The molecule has 1 aromatic rings. The molecule has 1 aliphatic rings. The van der Waals surface area contributed by atoms with Gasteiger partial charge in [0.25, 0.3) is 0 Å². The number of anilines is 1. The summed E-state index contributed by atoms with van der Waals surface area (Å²) in [4.78, 5) is 0. The standard InChI is InChI=1S/C11H15FN2/c12-9-3-5-10(6-4-9)14-8-11-2-1-7-13-11/h3-6,11,13-14H,1-2,7-8H2/t11-/m0/s1. The molecule has 0 saturated carbocycles. The predicted octanol–water partition coefficient (Wildman–Crippen LogP) is 1.99. The third kappa shape index (κ3) is 2.45. The van der Waals surface area contributed by atoms with E-state index in [1.807, 2.05) is 0 Å². The fraction of sp³-hybridized carbons (Fsp3) is 0.455. The SMILES string of the molecule is Fc1ccc(NC[C@@H]2CCCN2)cc1. The second-order valence-electron chi connectivity index (χ2n) is 3.68. The minimum Gasteiger partial charge on any atom is -0.383 e. The predicted molar refractivity (Wildman–Crippen MR) is 55.9 cm³/mol. The highest BCUT2D eigenvalue weighted by molar-refractivity contribution is 5.42. The summed E-state index contributed by atoms with van der Waals surface area (Å²) < 4.78 is 12.6. The van der Waals surface area contributed by atoms with Gasteiger partial charge in [-0.15, -0.1) is 0 Å². The number of benzene rings is 1. The molecular formula is C11H15FN2. The monoisotopic (exact) mass is 194 g/mol. The zero-order valence-electron chi connectivity index (χ0n) is 8.09. The van der Waals surface area contributed by atoms with Crippen LogP contribution in [-0.2, 0) is 0 Å². The van der Waals surface area contributed by atoms with Gasteiger partial charge in [-0.1, -0.05) is 0 Å². The Morgan fingerprint density at radius 2 is 2.14 bits per heavy atom. The summed E-state index contributed by atoms with van der Waals surface area (Å²) in [7, 11) is 0. The molecule has 1 heterocycles. The van der Waals surface area contributed by atoms with Gasteiger partial charge in [-0.2, -0.15) is 0 Å². The normalized spacial score (nSPS) is 21.1. The van der Waals surface area contributed by atoms with Crippen LogP contribution in [0.2, 0.25) is 0 Å². The molecule has 0 spiro atoms.